The second kappa shape index (κ2) is 8.54. The Bertz CT molecular complexity index is 269. The molecule has 0 saturated heterocycles. The number of carbonyl (C=O) groups is 1. The number of nitrogens with one attached hydrogen (secondary N) is 1. The first-order chi connectivity index (χ1) is 8.78. The Labute approximate surface area is 118 Å². The molecule has 114 valence electrons. The quantitative estimate of drug-likeness (QED) is 0.600. The topological polar surface area (TPSA) is 52.6 Å². The van der Waals surface area contributed by atoms with Crippen LogP contribution in [0.2, 0.25) is 0 Å². The van der Waals surface area contributed by atoms with Gasteiger partial charge in [-0.05, 0) is 54.1 Å². The van der Waals surface area contributed by atoms with Gasteiger partial charge < -0.3 is 10.4 Å². The molecule has 0 aliphatic carbocycles. The fraction of sp³-hybridized carbons (Fsp3) is 0.933. The van der Waals surface area contributed by atoms with Gasteiger partial charge in [0.15, 0.2) is 0 Å². The lowest BCUT2D eigenvalue weighted by Gasteiger charge is -2.37. The van der Waals surface area contributed by atoms with Crippen LogP contribution in [0.4, 0.5) is 0 Å². The van der Waals surface area contributed by atoms with Crippen molar-refractivity contribution in [2.75, 3.05) is 13.6 Å². The number of hydrogen-bond donors (Lipinski definition) is 2. The molecule has 4 nitrogen and oxygen atoms in total. The van der Waals surface area contributed by atoms with Crippen LogP contribution in [0.5, 0.6) is 0 Å². The van der Waals surface area contributed by atoms with E-state index in [2.05, 4.69) is 37.9 Å². The van der Waals surface area contributed by atoms with Gasteiger partial charge in [0.1, 0.15) is 5.54 Å². The minimum Gasteiger partial charge on any atom is -0.480 e. The molecule has 0 aromatic rings. The van der Waals surface area contributed by atoms with Crippen molar-refractivity contribution in [1.82, 2.24) is 10.2 Å². The Hall–Kier alpha value is -0.610. The van der Waals surface area contributed by atoms with Gasteiger partial charge in [0.25, 0.3) is 0 Å². The van der Waals surface area contributed by atoms with Gasteiger partial charge in [-0.25, -0.2) is 0 Å². The van der Waals surface area contributed by atoms with Crippen LogP contribution in [0.1, 0.15) is 60.3 Å². The lowest BCUT2D eigenvalue weighted by Crippen LogP contribution is -2.53. The predicted octanol–water partition coefficient (Wildman–Crippen LogP) is 2.73. The van der Waals surface area contributed by atoms with Crippen molar-refractivity contribution in [1.29, 1.82) is 0 Å². The summed E-state index contributed by atoms with van der Waals surface area (Å²) in [6.45, 7) is 11.5. The predicted molar refractivity (Wildman–Crippen MR) is 80.5 cm³/mol. The molecule has 0 radical (unpaired) electrons. The molecule has 0 heterocycles. The molecular weight excluding hydrogens is 240 g/mol. The number of nitrogens with zero attached hydrogens (tertiary/aromatic N) is 1. The van der Waals surface area contributed by atoms with Crippen LogP contribution < -0.4 is 5.32 Å². The van der Waals surface area contributed by atoms with Crippen molar-refractivity contribution in [2.45, 2.75) is 77.9 Å². The number of rotatable bonds is 10. The van der Waals surface area contributed by atoms with E-state index in [4.69, 9.17) is 0 Å². The van der Waals surface area contributed by atoms with Gasteiger partial charge in [0.05, 0.1) is 0 Å². The third-order valence-electron chi connectivity index (χ3n) is 3.98. The summed E-state index contributed by atoms with van der Waals surface area (Å²) in [6.07, 6.45) is 4.24. The van der Waals surface area contributed by atoms with Gasteiger partial charge in [-0.2, -0.15) is 0 Å². The molecular formula is C15H32N2O2. The minimum atomic E-state index is -0.850. The molecule has 0 spiro atoms. The fourth-order valence-corrected chi connectivity index (χ4v) is 2.54. The first kappa shape index (κ1) is 18.4. The summed E-state index contributed by atoms with van der Waals surface area (Å²) in [7, 11) is 1.72. The first-order valence-electron chi connectivity index (χ1n) is 7.46. The summed E-state index contributed by atoms with van der Waals surface area (Å²) in [5.74, 6) is -0.779. The summed E-state index contributed by atoms with van der Waals surface area (Å²) in [6, 6.07) is 0.701. The van der Waals surface area contributed by atoms with Gasteiger partial charge in [0.2, 0.25) is 0 Å². The van der Waals surface area contributed by atoms with Crippen LogP contribution in [0.3, 0.4) is 0 Å². The number of hydrogen-bond acceptors (Lipinski definition) is 3. The van der Waals surface area contributed by atoms with Crippen LogP contribution in [0.25, 0.3) is 0 Å². The van der Waals surface area contributed by atoms with E-state index >= 15 is 0 Å². The first-order valence-corrected chi connectivity index (χ1v) is 7.46. The second-order valence-corrected chi connectivity index (χ2v) is 5.98. The number of unbranched alkanes of at least 4 members (excludes halogenated alkanes) is 2. The van der Waals surface area contributed by atoms with Crippen LogP contribution in [-0.2, 0) is 4.79 Å². The molecule has 0 bridgehead atoms. The van der Waals surface area contributed by atoms with E-state index in [1.165, 1.54) is 19.3 Å². The minimum absolute atomic E-state index is 0.255. The molecule has 19 heavy (non-hydrogen) atoms. The van der Waals surface area contributed by atoms with Crippen molar-refractivity contribution in [3.63, 3.8) is 0 Å². The molecule has 2 atom stereocenters. The number of aliphatic carboxylic acids is 1. The Morgan fingerprint density at radius 3 is 2.26 bits per heavy atom. The largest absolute Gasteiger partial charge is 0.480 e. The molecule has 4 heteroatoms. The maximum Gasteiger partial charge on any atom is 0.323 e. The Morgan fingerprint density at radius 1 is 1.32 bits per heavy atom. The van der Waals surface area contributed by atoms with Crippen LogP contribution in [-0.4, -0.2) is 47.2 Å². The Kier molecular flexibility index (Phi) is 8.26. The zero-order chi connectivity index (χ0) is 15.1. The van der Waals surface area contributed by atoms with Gasteiger partial charge in [-0.3, -0.25) is 9.69 Å². The zero-order valence-corrected chi connectivity index (χ0v) is 13.5. The average Bonchev–Trinajstić information content (AvgIpc) is 2.33. The lowest BCUT2D eigenvalue weighted by molar-refractivity contribution is -0.144. The van der Waals surface area contributed by atoms with Gasteiger partial charge in [-0.1, -0.05) is 19.8 Å². The summed E-state index contributed by atoms with van der Waals surface area (Å²) >= 11 is 0. The summed E-state index contributed by atoms with van der Waals surface area (Å²) < 4.78 is 0. The fourth-order valence-electron chi connectivity index (χ4n) is 2.54. The maximum absolute atomic E-state index is 11.4. The summed E-state index contributed by atoms with van der Waals surface area (Å²) in [4.78, 5) is 13.8. The number of carboxylic acid groups (broad SMARTS) is 1. The molecule has 0 aromatic heterocycles. The highest BCUT2D eigenvalue weighted by molar-refractivity contribution is 5.78. The van der Waals surface area contributed by atoms with Crippen molar-refractivity contribution in [3.8, 4) is 0 Å². The monoisotopic (exact) mass is 272 g/mol. The smallest absolute Gasteiger partial charge is 0.323 e. The van der Waals surface area contributed by atoms with E-state index in [0.29, 0.717) is 12.5 Å². The van der Waals surface area contributed by atoms with Crippen molar-refractivity contribution < 1.29 is 9.90 Å². The van der Waals surface area contributed by atoms with Crippen LogP contribution in [0, 0.1) is 0 Å². The third-order valence-corrected chi connectivity index (χ3v) is 3.98. The molecule has 0 aliphatic heterocycles. The molecule has 0 amide bonds. The summed E-state index contributed by atoms with van der Waals surface area (Å²) in [5.41, 5.74) is -0.850. The van der Waals surface area contributed by atoms with Crippen molar-refractivity contribution in [3.05, 3.63) is 0 Å². The standard InChI is InChI=1S/C15H32N2O2/c1-7-8-9-10-17(12(2)3)13(4)11-15(5,16-6)14(18)19/h12-13,16H,7-11H2,1-6H3,(H,18,19). The van der Waals surface area contributed by atoms with Gasteiger partial charge in [0, 0.05) is 12.1 Å². The van der Waals surface area contributed by atoms with Crippen LogP contribution >= 0.6 is 0 Å². The highest BCUT2D eigenvalue weighted by Crippen LogP contribution is 2.19. The normalized spacial score (nSPS) is 16.6. The van der Waals surface area contributed by atoms with E-state index in [9.17, 15) is 9.90 Å². The average molecular weight is 272 g/mol. The van der Waals surface area contributed by atoms with E-state index in [-0.39, 0.29) is 6.04 Å². The number of carboxylic acids is 1. The van der Waals surface area contributed by atoms with Crippen LogP contribution in [0.15, 0.2) is 0 Å². The maximum atomic E-state index is 11.4. The highest BCUT2D eigenvalue weighted by Gasteiger charge is 2.34. The number of likely N-dealkylation sites (N-methyl/N-ethyl adjacent to an activating group) is 1. The summed E-state index contributed by atoms with van der Waals surface area (Å²) in [5, 5.41) is 12.3. The molecule has 0 saturated carbocycles. The molecule has 2 N–H and O–H groups in total. The highest BCUT2D eigenvalue weighted by atomic mass is 16.4. The van der Waals surface area contributed by atoms with Gasteiger partial charge >= 0.3 is 5.97 Å². The van der Waals surface area contributed by atoms with E-state index in [1.54, 1.807) is 14.0 Å². The van der Waals surface area contributed by atoms with Crippen molar-refractivity contribution >= 4 is 5.97 Å². The third kappa shape index (κ3) is 5.91. The molecule has 0 aliphatic rings. The van der Waals surface area contributed by atoms with E-state index < -0.39 is 11.5 Å². The molecule has 0 rings (SSSR count). The van der Waals surface area contributed by atoms with Crippen molar-refractivity contribution in [2.24, 2.45) is 0 Å². The Balaban J connectivity index is 4.62. The molecule has 0 aromatic carbocycles. The molecule has 0 fully saturated rings. The zero-order valence-electron chi connectivity index (χ0n) is 13.5. The van der Waals surface area contributed by atoms with Gasteiger partial charge in [-0.15, -0.1) is 0 Å². The molecule has 2 unspecified atom stereocenters. The SMILES string of the molecule is CCCCCN(C(C)C)C(C)CC(C)(NC)C(=O)O. The van der Waals surface area contributed by atoms with E-state index in [0.717, 1.165) is 6.54 Å². The second-order valence-electron chi connectivity index (χ2n) is 5.98. The Morgan fingerprint density at radius 2 is 1.89 bits per heavy atom. The van der Waals surface area contributed by atoms with E-state index in [1.807, 2.05) is 0 Å². The lowest BCUT2D eigenvalue weighted by atomic mass is 9.92.